The molecule has 3 aliphatic rings. The van der Waals surface area contributed by atoms with Crippen molar-refractivity contribution in [2.45, 2.75) is 58.0 Å². The zero-order valence-electron chi connectivity index (χ0n) is 16.0. The van der Waals surface area contributed by atoms with Gasteiger partial charge in [-0.2, -0.15) is 0 Å². The Hall–Kier alpha value is -1.96. The SMILES string of the molecule is Cc1nnc(CNC(=O)[C@H]2CCCN(C3CCN(C(=O)C4CC4)CC3)C2)o1. The Morgan fingerprint density at radius 1 is 1.07 bits per heavy atom. The van der Waals surface area contributed by atoms with Gasteiger partial charge in [-0.3, -0.25) is 14.5 Å². The number of aryl methyl sites for hydroxylation is 1. The van der Waals surface area contributed by atoms with Crippen LogP contribution in [-0.2, 0) is 16.1 Å². The van der Waals surface area contributed by atoms with E-state index in [1.807, 2.05) is 0 Å². The average Bonchev–Trinajstić information content (AvgIpc) is 3.47. The lowest BCUT2D eigenvalue weighted by Crippen LogP contribution is -2.51. The third kappa shape index (κ3) is 4.48. The van der Waals surface area contributed by atoms with Crippen molar-refractivity contribution >= 4 is 11.8 Å². The zero-order valence-corrected chi connectivity index (χ0v) is 16.0. The van der Waals surface area contributed by atoms with E-state index in [0.717, 1.165) is 64.7 Å². The van der Waals surface area contributed by atoms with E-state index in [0.29, 0.717) is 29.6 Å². The summed E-state index contributed by atoms with van der Waals surface area (Å²) in [7, 11) is 0. The van der Waals surface area contributed by atoms with Crippen molar-refractivity contribution in [3.8, 4) is 0 Å². The fourth-order valence-corrected chi connectivity index (χ4v) is 4.31. The van der Waals surface area contributed by atoms with Crippen LogP contribution in [0.3, 0.4) is 0 Å². The van der Waals surface area contributed by atoms with Gasteiger partial charge in [-0.15, -0.1) is 10.2 Å². The summed E-state index contributed by atoms with van der Waals surface area (Å²) in [6.07, 6.45) is 6.15. The second-order valence-corrected chi connectivity index (χ2v) is 8.10. The summed E-state index contributed by atoms with van der Waals surface area (Å²) in [6, 6.07) is 0.488. The zero-order chi connectivity index (χ0) is 18.8. The van der Waals surface area contributed by atoms with Crippen LogP contribution in [0.15, 0.2) is 4.42 Å². The standard InChI is InChI=1S/C19H29N5O3/c1-13-21-22-17(27-13)11-20-18(25)15-3-2-8-24(12-15)16-6-9-23(10-7-16)19(26)14-4-5-14/h14-16H,2-12H2,1H3,(H,20,25)/t15-/m0/s1. The van der Waals surface area contributed by atoms with Crippen LogP contribution in [0.5, 0.6) is 0 Å². The fourth-order valence-electron chi connectivity index (χ4n) is 4.31. The molecule has 2 amide bonds. The van der Waals surface area contributed by atoms with Gasteiger partial charge < -0.3 is 14.6 Å². The maximum atomic E-state index is 12.5. The van der Waals surface area contributed by atoms with Gasteiger partial charge in [-0.05, 0) is 45.1 Å². The summed E-state index contributed by atoms with van der Waals surface area (Å²) in [5.41, 5.74) is 0. The summed E-state index contributed by atoms with van der Waals surface area (Å²) in [6.45, 7) is 5.61. The number of piperidine rings is 2. The first-order valence-electron chi connectivity index (χ1n) is 10.2. The van der Waals surface area contributed by atoms with Crippen molar-refractivity contribution < 1.29 is 14.0 Å². The van der Waals surface area contributed by atoms with Crippen molar-refractivity contribution in [1.29, 1.82) is 0 Å². The largest absolute Gasteiger partial charge is 0.424 e. The lowest BCUT2D eigenvalue weighted by atomic mass is 9.93. The van der Waals surface area contributed by atoms with Gasteiger partial charge in [-0.25, -0.2) is 0 Å². The van der Waals surface area contributed by atoms with E-state index in [1.54, 1.807) is 6.92 Å². The van der Waals surface area contributed by atoms with E-state index in [1.165, 1.54) is 0 Å². The van der Waals surface area contributed by atoms with Crippen molar-refractivity contribution in [3.63, 3.8) is 0 Å². The first-order valence-corrected chi connectivity index (χ1v) is 10.2. The van der Waals surface area contributed by atoms with Gasteiger partial charge in [0.15, 0.2) is 0 Å². The third-order valence-corrected chi connectivity index (χ3v) is 6.02. The third-order valence-electron chi connectivity index (χ3n) is 6.02. The molecular formula is C19H29N5O3. The number of nitrogens with one attached hydrogen (secondary N) is 1. The first kappa shape index (κ1) is 18.4. The van der Waals surface area contributed by atoms with Crippen molar-refractivity contribution in [1.82, 2.24) is 25.3 Å². The Morgan fingerprint density at radius 2 is 1.85 bits per heavy atom. The van der Waals surface area contributed by atoms with Crippen LogP contribution in [0.1, 0.15) is 50.3 Å². The molecule has 0 radical (unpaired) electrons. The number of amides is 2. The maximum Gasteiger partial charge on any atom is 0.235 e. The smallest absolute Gasteiger partial charge is 0.235 e. The molecule has 1 saturated carbocycles. The highest BCUT2D eigenvalue weighted by Crippen LogP contribution is 2.32. The molecule has 1 aromatic rings. The molecule has 0 aromatic carbocycles. The lowest BCUT2D eigenvalue weighted by Gasteiger charge is -2.42. The minimum Gasteiger partial charge on any atom is -0.424 e. The second kappa shape index (κ2) is 7.96. The van der Waals surface area contributed by atoms with E-state index in [2.05, 4.69) is 25.3 Å². The predicted molar refractivity (Wildman–Crippen MR) is 97.5 cm³/mol. The van der Waals surface area contributed by atoms with Gasteiger partial charge in [0.1, 0.15) is 0 Å². The summed E-state index contributed by atoms with van der Waals surface area (Å²) in [5, 5.41) is 10.6. The fraction of sp³-hybridized carbons (Fsp3) is 0.789. The number of rotatable bonds is 5. The molecular weight excluding hydrogens is 346 g/mol. The lowest BCUT2D eigenvalue weighted by molar-refractivity contribution is -0.134. The molecule has 8 nitrogen and oxygen atoms in total. The monoisotopic (exact) mass is 375 g/mol. The quantitative estimate of drug-likeness (QED) is 0.829. The van der Waals surface area contributed by atoms with Crippen molar-refractivity contribution in [2.24, 2.45) is 11.8 Å². The molecule has 0 bridgehead atoms. The molecule has 148 valence electrons. The van der Waals surface area contributed by atoms with E-state index < -0.39 is 0 Å². The molecule has 3 fully saturated rings. The van der Waals surface area contributed by atoms with E-state index in [-0.39, 0.29) is 18.4 Å². The van der Waals surface area contributed by atoms with Crippen LogP contribution < -0.4 is 5.32 Å². The normalized spacial score (nSPS) is 24.8. The molecule has 1 atom stereocenters. The molecule has 0 unspecified atom stereocenters. The highest BCUT2D eigenvalue weighted by atomic mass is 16.4. The molecule has 0 spiro atoms. The highest BCUT2D eigenvalue weighted by molar-refractivity contribution is 5.81. The predicted octanol–water partition coefficient (Wildman–Crippen LogP) is 1.11. The van der Waals surface area contributed by atoms with E-state index >= 15 is 0 Å². The van der Waals surface area contributed by atoms with Crippen LogP contribution in [-0.4, -0.2) is 64.0 Å². The summed E-state index contributed by atoms with van der Waals surface area (Å²) in [5.74, 6) is 1.70. The number of nitrogens with zero attached hydrogens (tertiary/aromatic N) is 4. The molecule has 1 aliphatic carbocycles. The van der Waals surface area contributed by atoms with Crippen LogP contribution in [0, 0.1) is 18.8 Å². The van der Waals surface area contributed by atoms with Crippen LogP contribution in [0.4, 0.5) is 0 Å². The Kier molecular flexibility index (Phi) is 5.43. The van der Waals surface area contributed by atoms with E-state index in [4.69, 9.17) is 4.42 Å². The van der Waals surface area contributed by atoms with Crippen molar-refractivity contribution in [3.05, 3.63) is 11.8 Å². The molecule has 8 heteroatoms. The Labute approximate surface area is 159 Å². The van der Waals surface area contributed by atoms with Crippen molar-refractivity contribution in [2.75, 3.05) is 26.2 Å². The number of carbonyl (C=O) groups excluding carboxylic acids is 2. The van der Waals surface area contributed by atoms with Crippen LogP contribution in [0.25, 0.3) is 0 Å². The average molecular weight is 375 g/mol. The number of hydrogen-bond acceptors (Lipinski definition) is 6. The number of likely N-dealkylation sites (tertiary alicyclic amines) is 2. The molecule has 4 rings (SSSR count). The van der Waals surface area contributed by atoms with Crippen LogP contribution in [0.2, 0.25) is 0 Å². The maximum absolute atomic E-state index is 12.5. The first-order chi connectivity index (χ1) is 13.1. The molecule has 1 N–H and O–H groups in total. The van der Waals surface area contributed by atoms with Gasteiger partial charge in [0.25, 0.3) is 0 Å². The van der Waals surface area contributed by atoms with Crippen LogP contribution >= 0.6 is 0 Å². The molecule has 27 heavy (non-hydrogen) atoms. The highest BCUT2D eigenvalue weighted by Gasteiger charge is 2.37. The Balaban J connectivity index is 1.24. The number of aromatic nitrogens is 2. The summed E-state index contributed by atoms with van der Waals surface area (Å²) in [4.78, 5) is 29.3. The topological polar surface area (TPSA) is 91.6 Å². The minimum absolute atomic E-state index is 0.00824. The second-order valence-electron chi connectivity index (χ2n) is 8.10. The molecule has 2 saturated heterocycles. The van der Waals surface area contributed by atoms with Gasteiger partial charge in [0.2, 0.25) is 23.6 Å². The number of carbonyl (C=O) groups is 2. The summed E-state index contributed by atoms with van der Waals surface area (Å²) >= 11 is 0. The van der Waals surface area contributed by atoms with Gasteiger partial charge in [0.05, 0.1) is 12.5 Å². The van der Waals surface area contributed by atoms with E-state index in [9.17, 15) is 9.59 Å². The van der Waals surface area contributed by atoms with Gasteiger partial charge in [0, 0.05) is 38.5 Å². The Bertz CT molecular complexity index is 679. The Morgan fingerprint density at radius 3 is 2.52 bits per heavy atom. The summed E-state index contributed by atoms with van der Waals surface area (Å²) < 4.78 is 5.31. The molecule has 3 heterocycles. The molecule has 1 aromatic heterocycles. The van der Waals surface area contributed by atoms with Gasteiger partial charge >= 0.3 is 0 Å². The van der Waals surface area contributed by atoms with Gasteiger partial charge in [-0.1, -0.05) is 0 Å². The number of hydrogen-bond donors (Lipinski definition) is 1. The molecule has 2 aliphatic heterocycles. The minimum atomic E-state index is 0.00824.